The lowest BCUT2D eigenvalue weighted by atomic mass is 10.0. The molecule has 0 aliphatic heterocycles. The lowest BCUT2D eigenvalue weighted by Crippen LogP contribution is -1.82. The molecule has 0 radical (unpaired) electrons. The average Bonchev–Trinajstić information content (AvgIpc) is 2.83. The fourth-order valence-electron chi connectivity index (χ4n) is 2.08. The molecule has 20 heavy (non-hydrogen) atoms. The van der Waals surface area contributed by atoms with Crippen molar-refractivity contribution in [1.82, 2.24) is 5.16 Å². The number of rotatable bonds is 2. The molecule has 0 bridgehead atoms. The maximum absolute atomic E-state index is 5.53. The number of hydrogen-bond donors (Lipinski definition) is 0. The molecule has 0 atom stereocenters. The Kier molecular flexibility index (Phi) is 3.76. The molecule has 0 saturated heterocycles. The Balaban J connectivity index is 2.04. The van der Waals surface area contributed by atoms with Crippen LogP contribution < -0.4 is 0 Å². The molecule has 100 valence electrons. The van der Waals surface area contributed by atoms with Gasteiger partial charge in [-0.3, -0.25) is 0 Å². The van der Waals surface area contributed by atoms with Crippen LogP contribution in [-0.4, -0.2) is 5.16 Å². The summed E-state index contributed by atoms with van der Waals surface area (Å²) in [5, 5.41) is 4.21. The van der Waals surface area contributed by atoms with Gasteiger partial charge < -0.3 is 4.52 Å². The number of nitrogens with zero attached hydrogens (tertiary/aromatic N) is 1. The maximum atomic E-state index is 5.53. The Bertz CT molecular complexity index is 667. The Hall–Kier alpha value is -1.39. The van der Waals surface area contributed by atoms with E-state index in [-0.39, 0.29) is 0 Å². The van der Waals surface area contributed by atoms with Crippen molar-refractivity contribution in [2.24, 2.45) is 0 Å². The molecule has 0 fully saturated rings. The second kappa shape index (κ2) is 5.54. The van der Waals surface area contributed by atoms with E-state index in [0.717, 1.165) is 37.1 Å². The van der Waals surface area contributed by atoms with Crippen LogP contribution in [0, 0.1) is 6.92 Å². The van der Waals surface area contributed by atoms with Crippen molar-refractivity contribution in [3.63, 3.8) is 0 Å². The molecule has 0 unspecified atom stereocenters. The third kappa shape index (κ3) is 2.58. The van der Waals surface area contributed by atoms with Gasteiger partial charge in [-0.2, -0.15) is 0 Å². The Morgan fingerprint density at radius 3 is 1.85 bits per heavy atom. The molecule has 0 aliphatic carbocycles. The maximum Gasteiger partial charge on any atom is 0.170 e. The zero-order valence-corrected chi connectivity index (χ0v) is 13.9. The van der Waals surface area contributed by atoms with Crippen molar-refractivity contribution >= 4 is 31.9 Å². The molecule has 1 aromatic heterocycles. The van der Waals surface area contributed by atoms with E-state index in [9.17, 15) is 0 Å². The van der Waals surface area contributed by atoms with Gasteiger partial charge in [0.25, 0.3) is 0 Å². The van der Waals surface area contributed by atoms with Crippen LogP contribution in [0.5, 0.6) is 0 Å². The highest BCUT2D eigenvalue weighted by Gasteiger charge is 2.15. The van der Waals surface area contributed by atoms with E-state index < -0.39 is 0 Å². The molecule has 0 aliphatic rings. The largest absolute Gasteiger partial charge is 0.355 e. The van der Waals surface area contributed by atoms with Gasteiger partial charge in [-0.05, 0) is 31.2 Å². The summed E-state index contributed by atoms with van der Waals surface area (Å²) >= 11 is 6.87. The molecule has 2 nitrogen and oxygen atoms in total. The van der Waals surface area contributed by atoms with Crippen LogP contribution in [0.4, 0.5) is 0 Å². The van der Waals surface area contributed by atoms with E-state index in [0.29, 0.717) is 0 Å². The lowest BCUT2D eigenvalue weighted by molar-refractivity contribution is 0.434. The highest BCUT2D eigenvalue weighted by atomic mass is 79.9. The first-order valence-corrected chi connectivity index (χ1v) is 7.72. The normalized spacial score (nSPS) is 10.8. The highest BCUT2D eigenvalue weighted by Crippen LogP contribution is 2.32. The lowest BCUT2D eigenvalue weighted by Gasteiger charge is -2.00. The SMILES string of the molecule is Cc1c(-c2ccc(Br)cc2)noc1-c1ccc(Br)cc1. The van der Waals surface area contributed by atoms with E-state index in [2.05, 4.69) is 37.0 Å². The molecule has 1 heterocycles. The quantitative estimate of drug-likeness (QED) is 0.547. The van der Waals surface area contributed by atoms with E-state index in [1.165, 1.54) is 0 Å². The molecule has 2 aromatic carbocycles. The van der Waals surface area contributed by atoms with Gasteiger partial charge in [0, 0.05) is 25.6 Å². The van der Waals surface area contributed by atoms with Crippen molar-refractivity contribution in [1.29, 1.82) is 0 Å². The van der Waals surface area contributed by atoms with E-state index in [1.54, 1.807) is 0 Å². The van der Waals surface area contributed by atoms with Crippen molar-refractivity contribution in [2.75, 3.05) is 0 Å². The monoisotopic (exact) mass is 391 g/mol. The van der Waals surface area contributed by atoms with Crippen LogP contribution in [0.2, 0.25) is 0 Å². The summed E-state index contributed by atoms with van der Waals surface area (Å²) in [6.07, 6.45) is 0. The number of hydrogen-bond acceptors (Lipinski definition) is 2. The summed E-state index contributed by atoms with van der Waals surface area (Å²) < 4.78 is 7.63. The van der Waals surface area contributed by atoms with Crippen molar-refractivity contribution < 1.29 is 4.52 Å². The Morgan fingerprint density at radius 2 is 1.30 bits per heavy atom. The average molecular weight is 393 g/mol. The standard InChI is InChI=1S/C16H11Br2NO/c1-10-15(11-2-6-13(17)7-3-11)19-20-16(10)12-4-8-14(18)9-5-12/h2-9H,1H3. The predicted molar refractivity (Wildman–Crippen MR) is 87.5 cm³/mol. The van der Waals surface area contributed by atoms with Crippen molar-refractivity contribution in [2.45, 2.75) is 6.92 Å². The van der Waals surface area contributed by atoms with Crippen LogP contribution in [0.3, 0.4) is 0 Å². The van der Waals surface area contributed by atoms with Crippen molar-refractivity contribution in [3.05, 3.63) is 63.0 Å². The van der Waals surface area contributed by atoms with Crippen LogP contribution in [0.25, 0.3) is 22.6 Å². The molecule has 4 heteroatoms. The third-order valence-electron chi connectivity index (χ3n) is 3.15. The first kappa shape index (κ1) is 13.6. The molecule has 0 saturated carbocycles. The van der Waals surface area contributed by atoms with Gasteiger partial charge in [-0.1, -0.05) is 61.3 Å². The first-order valence-electron chi connectivity index (χ1n) is 6.13. The predicted octanol–water partition coefficient (Wildman–Crippen LogP) is 5.84. The molecule has 3 rings (SSSR count). The van der Waals surface area contributed by atoms with E-state index >= 15 is 0 Å². The summed E-state index contributed by atoms with van der Waals surface area (Å²) in [6.45, 7) is 2.03. The molecule has 0 amide bonds. The third-order valence-corrected chi connectivity index (χ3v) is 4.21. The molecular formula is C16H11Br2NO. The minimum absolute atomic E-state index is 0.815. The highest BCUT2D eigenvalue weighted by molar-refractivity contribution is 9.10. The summed E-state index contributed by atoms with van der Waals surface area (Å²) in [5.74, 6) is 0.815. The topological polar surface area (TPSA) is 26.0 Å². The molecule has 0 N–H and O–H groups in total. The summed E-state index contributed by atoms with van der Waals surface area (Å²) in [4.78, 5) is 0. The second-order valence-electron chi connectivity index (χ2n) is 4.50. The smallest absolute Gasteiger partial charge is 0.170 e. The molecule has 0 spiro atoms. The number of halogens is 2. The van der Waals surface area contributed by atoms with Gasteiger partial charge in [0.2, 0.25) is 0 Å². The van der Waals surface area contributed by atoms with Gasteiger partial charge in [0.1, 0.15) is 5.69 Å². The minimum Gasteiger partial charge on any atom is -0.355 e. The van der Waals surface area contributed by atoms with Gasteiger partial charge in [0.05, 0.1) is 0 Å². The zero-order chi connectivity index (χ0) is 14.1. The Morgan fingerprint density at radius 1 is 0.800 bits per heavy atom. The fourth-order valence-corrected chi connectivity index (χ4v) is 2.61. The molecular weight excluding hydrogens is 382 g/mol. The fraction of sp³-hybridized carbons (Fsp3) is 0.0625. The van der Waals surface area contributed by atoms with Crippen molar-refractivity contribution in [3.8, 4) is 22.6 Å². The van der Waals surface area contributed by atoms with Crippen LogP contribution in [0.1, 0.15) is 5.56 Å². The van der Waals surface area contributed by atoms with Crippen LogP contribution >= 0.6 is 31.9 Å². The summed E-state index contributed by atoms with van der Waals surface area (Å²) in [7, 11) is 0. The van der Waals surface area contributed by atoms with Gasteiger partial charge >= 0.3 is 0 Å². The van der Waals surface area contributed by atoms with E-state index in [4.69, 9.17) is 4.52 Å². The van der Waals surface area contributed by atoms with Crippen LogP contribution in [-0.2, 0) is 0 Å². The Labute approximate surface area is 134 Å². The minimum atomic E-state index is 0.815. The van der Waals surface area contributed by atoms with Crippen LogP contribution in [0.15, 0.2) is 62.0 Å². The summed E-state index contributed by atoms with van der Waals surface area (Å²) in [6, 6.07) is 16.1. The first-order chi connectivity index (χ1) is 9.65. The second-order valence-corrected chi connectivity index (χ2v) is 6.33. The van der Waals surface area contributed by atoms with Gasteiger partial charge in [-0.25, -0.2) is 0 Å². The number of aromatic nitrogens is 1. The zero-order valence-electron chi connectivity index (χ0n) is 10.7. The van der Waals surface area contributed by atoms with Gasteiger partial charge in [-0.15, -0.1) is 0 Å². The number of benzene rings is 2. The summed E-state index contributed by atoms with van der Waals surface area (Å²) in [5.41, 5.74) is 4.02. The molecule has 3 aromatic rings. The van der Waals surface area contributed by atoms with Gasteiger partial charge in [0.15, 0.2) is 5.76 Å². The van der Waals surface area contributed by atoms with E-state index in [1.807, 2.05) is 55.5 Å².